The Morgan fingerprint density at radius 3 is 2.53 bits per heavy atom. The summed E-state index contributed by atoms with van der Waals surface area (Å²) in [5.41, 5.74) is -0.755. The van der Waals surface area contributed by atoms with Crippen LogP contribution in [0.15, 0.2) is 18.3 Å². The van der Waals surface area contributed by atoms with Gasteiger partial charge in [0.2, 0.25) is 0 Å². The molecule has 12 nitrogen and oxygen atoms in total. The number of methoxy groups -OCH3 is 1. The molecule has 4 aliphatic heterocycles. The number of rotatable bonds is 10. The van der Waals surface area contributed by atoms with Gasteiger partial charge in [-0.1, -0.05) is 11.6 Å². The number of carbonyl (C=O) groups is 1. The Balaban J connectivity index is 1.19. The smallest absolute Gasteiger partial charge is 0.410 e. The van der Waals surface area contributed by atoms with E-state index in [1.54, 1.807) is 18.3 Å². The third-order valence-corrected chi connectivity index (χ3v) is 11.5. The van der Waals surface area contributed by atoms with Crippen LogP contribution < -0.4 is 19.1 Å². The fraction of sp³-hybridized carbons (Fsp3) is 0.632. The van der Waals surface area contributed by atoms with Crippen LogP contribution in [0.5, 0.6) is 17.5 Å². The number of halogens is 3. The van der Waals surface area contributed by atoms with E-state index in [0.717, 1.165) is 51.5 Å². The zero-order chi connectivity index (χ0) is 37.1. The van der Waals surface area contributed by atoms with E-state index in [0.29, 0.717) is 54.3 Å². The summed E-state index contributed by atoms with van der Waals surface area (Å²) in [5, 5.41) is 0.657. The number of alkyl halides is 1. The number of carbonyl (C=O) groups excluding carboxylic acids is 1. The van der Waals surface area contributed by atoms with Crippen LogP contribution in [0.2, 0.25) is 5.02 Å². The molecule has 5 aliphatic rings. The minimum atomic E-state index is -0.929. The lowest BCUT2D eigenvalue weighted by Crippen LogP contribution is -2.57. The minimum absolute atomic E-state index is 0.00449. The normalized spacial score (nSPS) is 25.8. The Hall–Kier alpha value is -3.75. The average molecular weight is 757 g/mol. The van der Waals surface area contributed by atoms with Gasteiger partial charge in [-0.25, -0.2) is 13.6 Å². The molecule has 4 atom stereocenters. The van der Waals surface area contributed by atoms with Gasteiger partial charge in [-0.05, 0) is 78.3 Å². The van der Waals surface area contributed by atoms with E-state index in [-0.39, 0.29) is 59.9 Å². The van der Waals surface area contributed by atoms with Gasteiger partial charge in [0.25, 0.3) is 0 Å². The second kappa shape index (κ2) is 14.2. The number of anilines is 1. The maximum atomic E-state index is 17.2. The highest BCUT2D eigenvalue weighted by molar-refractivity contribution is 6.32. The van der Waals surface area contributed by atoms with Crippen LogP contribution in [-0.2, 0) is 9.47 Å². The molecule has 1 saturated carbocycles. The van der Waals surface area contributed by atoms with E-state index in [9.17, 15) is 9.18 Å². The lowest BCUT2D eigenvalue weighted by molar-refractivity contribution is 0.0122. The summed E-state index contributed by atoms with van der Waals surface area (Å²) in [6, 6.07) is 3.01. The Morgan fingerprint density at radius 2 is 1.83 bits per heavy atom. The van der Waals surface area contributed by atoms with E-state index in [1.807, 2.05) is 25.7 Å². The molecule has 2 aromatic heterocycles. The van der Waals surface area contributed by atoms with Crippen LogP contribution in [0, 0.1) is 5.82 Å². The molecular weight excluding hydrogens is 710 g/mol. The molecule has 2 bridgehead atoms. The van der Waals surface area contributed by atoms with Crippen molar-refractivity contribution in [3.8, 4) is 28.8 Å². The lowest BCUT2D eigenvalue weighted by Gasteiger charge is -2.42. The van der Waals surface area contributed by atoms with Crippen molar-refractivity contribution in [1.29, 1.82) is 0 Å². The second-order valence-corrected chi connectivity index (χ2v) is 16.5. The highest BCUT2D eigenvalue weighted by atomic mass is 35.5. The predicted molar refractivity (Wildman–Crippen MR) is 194 cm³/mol. The number of pyridine rings is 1. The highest BCUT2D eigenvalue weighted by Gasteiger charge is 2.50. The highest BCUT2D eigenvalue weighted by Crippen LogP contribution is 2.45. The standard InChI is InChI=1S/C38H47ClF2N6O6/c1-37(2,3)53-36(48)47-23-9-10-24(47)19-45(18-23)34-28-16-42-31(27-13-26(51-21-49-4)14-29(39)33(27)52-25-7-5-8-25)30(41)32(28)43-35(44-34)50-20-38-11-6-12-46(38)17-22(40)15-38/h13-14,16,22-25H,5-12,15,17-21H2,1-4H3/t22-,23?,24?,38+/m1/s1. The summed E-state index contributed by atoms with van der Waals surface area (Å²) in [4.78, 5) is 33.5. The molecule has 2 unspecified atom stereocenters. The van der Waals surface area contributed by atoms with Crippen molar-refractivity contribution in [2.75, 3.05) is 51.6 Å². The Bertz CT molecular complexity index is 1870. The quantitative estimate of drug-likeness (QED) is 0.201. The first-order chi connectivity index (χ1) is 25.4. The largest absolute Gasteiger partial charge is 0.488 e. The molecule has 6 heterocycles. The van der Waals surface area contributed by atoms with E-state index in [1.165, 1.54) is 7.11 Å². The monoisotopic (exact) mass is 756 g/mol. The number of nitrogens with zero attached hydrogens (tertiary/aromatic N) is 6. The number of hydrogen-bond acceptors (Lipinski definition) is 11. The molecule has 8 rings (SSSR count). The van der Waals surface area contributed by atoms with E-state index in [4.69, 9.17) is 40.3 Å². The summed E-state index contributed by atoms with van der Waals surface area (Å²) < 4.78 is 61.0. The van der Waals surface area contributed by atoms with Gasteiger partial charge in [-0.15, -0.1) is 0 Å². The lowest BCUT2D eigenvalue weighted by atomic mass is 9.95. The SMILES string of the molecule is COCOc1cc(Cl)c(OC2CCC2)c(-c2ncc3c(N4CC5CCC(C4)N5C(=O)OC(C)(C)C)nc(OC[C@@]45CCCN4C[C@H](F)C5)nc3c2F)c1. The molecule has 5 fully saturated rings. The molecule has 0 N–H and O–H groups in total. The molecule has 3 aromatic rings. The van der Waals surface area contributed by atoms with Gasteiger partial charge in [-0.2, -0.15) is 9.97 Å². The molecule has 286 valence electrons. The summed E-state index contributed by atoms with van der Waals surface area (Å²) in [5.74, 6) is 0.438. The molecule has 1 aromatic carbocycles. The first-order valence-electron chi connectivity index (χ1n) is 18.7. The van der Waals surface area contributed by atoms with Crippen LogP contribution >= 0.6 is 11.6 Å². The first kappa shape index (κ1) is 36.2. The van der Waals surface area contributed by atoms with Gasteiger partial charge in [0, 0.05) is 45.4 Å². The van der Waals surface area contributed by atoms with Crippen molar-refractivity contribution >= 4 is 34.4 Å². The average Bonchev–Trinajstić information content (AvgIpc) is 3.71. The predicted octanol–water partition coefficient (Wildman–Crippen LogP) is 6.94. The zero-order valence-electron chi connectivity index (χ0n) is 30.7. The van der Waals surface area contributed by atoms with E-state index in [2.05, 4.69) is 19.8 Å². The molecule has 1 amide bonds. The van der Waals surface area contributed by atoms with Gasteiger partial charge in [0.1, 0.15) is 46.9 Å². The van der Waals surface area contributed by atoms with Crippen LogP contribution in [0.4, 0.5) is 19.4 Å². The van der Waals surface area contributed by atoms with Crippen molar-refractivity contribution in [3.63, 3.8) is 0 Å². The zero-order valence-corrected chi connectivity index (χ0v) is 31.5. The van der Waals surface area contributed by atoms with Gasteiger partial charge in [0.05, 0.1) is 39.7 Å². The van der Waals surface area contributed by atoms with Crippen LogP contribution in [0.25, 0.3) is 22.2 Å². The number of piperazine rings is 1. The van der Waals surface area contributed by atoms with Crippen molar-refractivity contribution in [2.45, 2.75) is 108 Å². The summed E-state index contributed by atoms with van der Waals surface area (Å²) in [6.45, 7) is 7.83. The van der Waals surface area contributed by atoms with Crippen molar-refractivity contribution in [1.82, 2.24) is 24.8 Å². The molecule has 0 radical (unpaired) electrons. The number of amides is 1. The van der Waals surface area contributed by atoms with E-state index >= 15 is 4.39 Å². The first-order valence-corrected chi connectivity index (χ1v) is 19.1. The molecule has 53 heavy (non-hydrogen) atoms. The maximum Gasteiger partial charge on any atom is 0.410 e. The number of benzene rings is 1. The van der Waals surface area contributed by atoms with Gasteiger partial charge < -0.3 is 28.6 Å². The molecule has 1 aliphatic carbocycles. The van der Waals surface area contributed by atoms with E-state index < -0.39 is 23.1 Å². The topological polar surface area (TPSA) is 112 Å². The second-order valence-electron chi connectivity index (χ2n) is 16.1. The van der Waals surface area contributed by atoms with Gasteiger partial charge >= 0.3 is 12.1 Å². The van der Waals surface area contributed by atoms with Crippen LogP contribution in [-0.4, -0.2) is 113 Å². The molecule has 0 spiro atoms. The number of ether oxygens (including phenoxy) is 5. The van der Waals surface area contributed by atoms with Crippen molar-refractivity contribution in [2.24, 2.45) is 0 Å². The summed E-state index contributed by atoms with van der Waals surface area (Å²) >= 11 is 6.76. The fourth-order valence-electron chi connectivity index (χ4n) is 8.58. The Morgan fingerprint density at radius 1 is 1.06 bits per heavy atom. The third-order valence-electron chi connectivity index (χ3n) is 11.2. The van der Waals surface area contributed by atoms with Crippen molar-refractivity contribution in [3.05, 3.63) is 29.2 Å². The van der Waals surface area contributed by atoms with Crippen LogP contribution in [0.1, 0.15) is 72.1 Å². The Kier molecular flexibility index (Phi) is 9.67. The number of hydrogen-bond donors (Lipinski definition) is 0. The molecule has 4 saturated heterocycles. The maximum absolute atomic E-state index is 17.2. The van der Waals surface area contributed by atoms with Gasteiger partial charge in [-0.3, -0.25) is 14.8 Å². The third kappa shape index (κ3) is 7.02. The van der Waals surface area contributed by atoms with Crippen molar-refractivity contribution < 1.29 is 37.3 Å². The van der Waals surface area contributed by atoms with Crippen LogP contribution in [0.3, 0.4) is 0 Å². The molecular formula is C38H47ClF2N6O6. The summed E-state index contributed by atoms with van der Waals surface area (Å²) in [7, 11) is 1.51. The fourth-order valence-corrected chi connectivity index (χ4v) is 8.84. The molecule has 15 heteroatoms. The van der Waals surface area contributed by atoms with Gasteiger partial charge in [0.15, 0.2) is 12.6 Å². The minimum Gasteiger partial charge on any atom is -0.488 e. The number of fused-ring (bicyclic) bond motifs is 4. The number of aromatic nitrogens is 3. The summed E-state index contributed by atoms with van der Waals surface area (Å²) in [6.07, 6.45) is 6.78. The Labute approximate surface area is 313 Å².